The summed E-state index contributed by atoms with van der Waals surface area (Å²) in [4.78, 5) is 0. The summed E-state index contributed by atoms with van der Waals surface area (Å²) in [5.41, 5.74) is 4.17. The van der Waals surface area contributed by atoms with Crippen molar-refractivity contribution in [3.63, 3.8) is 0 Å². The highest BCUT2D eigenvalue weighted by atomic mass is 15.2. The maximum atomic E-state index is 2.43. The first-order valence-electron chi connectivity index (χ1n) is 9.23. The Bertz CT molecular complexity index is 801. The van der Waals surface area contributed by atoms with Gasteiger partial charge in [-0.3, -0.25) is 0 Å². The number of benzene rings is 2. The van der Waals surface area contributed by atoms with Crippen molar-refractivity contribution in [2.45, 2.75) is 45.6 Å². The van der Waals surface area contributed by atoms with Gasteiger partial charge in [0.1, 0.15) is 11.9 Å². The topological polar surface area (TPSA) is 8.81 Å². The third kappa shape index (κ3) is 4.01. The SMILES string of the molecule is CC(Cc1c[n+](C(C)C)c(Cc2ccccc2)n1C)c1ccccc1. The fraction of sp³-hybridized carbons (Fsp3) is 0.348. The largest absolute Gasteiger partial charge is 0.261 e. The molecule has 0 saturated carbocycles. The lowest BCUT2D eigenvalue weighted by Crippen LogP contribution is -2.39. The molecule has 0 aliphatic carbocycles. The zero-order valence-electron chi connectivity index (χ0n) is 15.8. The van der Waals surface area contributed by atoms with E-state index in [0.717, 1.165) is 12.8 Å². The molecular formula is C23H29N2+. The van der Waals surface area contributed by atoms with Gasteiger partial charge in [-0.25, -0.2) is 9.13 Å². The van der Waals surface area contributed by atoms with Crippen LogP contribution >= 0.6 is 0 Å². The van der Waals surface area contributed by atoms with E-state index >= 15 is 0 Å². The number of imidazole rings is 1. The van der Waals surface area contributed by atoms with Crippen molar-refractivity contribution in [3.8, 4) is 0 Å². The second kappa shape index (κ2) is 7.69. The highest BCUT2D eigenvalue weighted by Gasteiger charge is 2.24. The summed E-state index contributed by atoms with van der Waals surface area (Å²) in [6.45, 7) is 6.84. The van der Waals surface area contributed by atoms with E-state index in [2.05, 4.69) is 104 Å². The quantitative estimate of drug-likeness (QED) is 0.571. The molecule has 0 amide bonds. The monoisotopic (exact) mass is 333 g/mol. The van der Waals surface area contributed by atoms with E-state index in [9.17, 15) is 0 Å². The number of hydrogen-bond acceptors (Lipinski definition) is 0. The predicted molar refractivity (Wildman–Crippen MR) is 104 cm³/mol. The molecule has 0 radical (unpaired) electrons. The fourth-order valence-electron chi connectivity index (χ4n) is 3.50. The van der Waals surface area contributed by atoms with E-state index in [0.29, 0.717) is 12.0 Å². The summed E-state index contributed by atoms with van der Waals surface area (Å²) in [7, 11) is 2.21. The molecule has 1 atom stereocenters. The van der Waals surface area contributed by atoms with Crippen molar-refractivity contribution < 1.29 is 4.57 Å². The van der Waals surface area contributed by atoms with Gasteiger partial charge in [-0.15, -0.1) is 0 Å². The molecule has 130 valence electrons. The van der Waals surface area contributed by atoms with Crippen LogP contribution in [0, 0.1) is 0 Å². The van der Waals surface area contributed by atoms with Crippen LogP contribution < -0.4 is 4.57 Å². The van der Waals surface area contributed by atoms with Gasteiger partial charge in [0.25, 0.3) is 5.82 Å². The maximum absolute atomic E-state index is 2.43. The molecule has 0 aliphatic heterocycles. The third-order valence-corrected chi connectivity index (χ3v) is 5.05. The zero-order valence-corrected chi connectivity index (χ0v) is 15.8. The highest BCUT2D eigenvalue weighted by Crippen LogP contribution is 2.21. The van der Waals surface area contributed by atoms with Crippen LogP contribution in [0.1, 0.15) is 55.4 Å². The second-order valence-corrected chi connectivity index (χ2v) is 7.27. The Hall–Kier alpha value is -2.35. The molecule has 2 heteroatoms. The first kappa shape index (κ1) is 17.5. The molecule has 0 N–H and O–H groups in total. The summed E-state index contributed by atoms with van der Waals surface area (Å²) in [6, 6.07) is 22.0. The Morgan fingerprint density at radius 1 is 0.880 bits per heavy atom. The first-order chi connectivity index (χ1) is 12.1. The molecule has 0 bridgehead atoms. The molecule has 3 rings (SSSR count). The Morgan fingerprint density at radius 3 is 2.08 bits per heavy atom. The second-order valence-electron chi connectivity index (χ2n) is 7.27. The Balaban J connectivity index is 1.89. The normalized spacial score (nSPS) is 12.5. The van der Waals surface area contributed by atoms with Crippen LogP contribution in [-0.4, -0.2) is 4.57 Å². The molecule has 1 aromatic heterocycles. The molecule has 0 fully saturated rings. The molecule has 1 unspecified atom stereocenters. The molecule has 25 heavy (non-hydrogen) atoms. The van der Waals surface area contributed by atoms with Gasteiger partial charge in [-0.2, -0.15) is 0 Å². The summed E-state index contributed by atoms with van der Waals surface area (Å²) in [6.07, 6.45) is 4.37. The number of rotatable bonds is 6. The van der Waals surface area contributed by atoms with E-state index < -0.39 is 0 Å². The fourth-order valence-corrected chi connectivity index (χ4v) is 3.50. The number of aromatic nitrogens is 2. The minimum atomic E-state index is 0.464. The van der Waals surface area contributed by atoms with E-state index in [-0.39, 0.29) is 0 Å². The highest BCUT2D eigenvalue weighted by molar-refractivity contribution is 5.22. The third-order valence-electron chi connectivity index (χ3n) is 5.05. The Kier molecular flexibility index (Phi) is 5.37. The van der Waals surface area contributed by atoms with Crippen LogP contribution in [0.4, 0.5) is 0 Å². The van der Waals surface area contributed by atoms with Gasteiger partial charge in [0.15, 0.2) is 0 Å². The maximum Gasteiger partial charge on any atom is 0.261 e. The standard InChI is InChI=1S/C23H29N2/c1-18(2)25-17-22(15-19(3)21-13-9-6-10-14-21)24(4)23(25)16-20-11-7-5-8-12-20/h5-14,17-19H,15-16H2,1-4H3/q+1. The van der Waals surface area contributed by atoms with Gasteiger partial charge in [0.05, 0.1) is 19.5 Å². The van der Waals surface area contributed by atoms with Crippen LogP contribution in [-0.2, 0) is 19.9 Å². The van der Waals surface area contributed by atoms with Crippen LogP contribution in [0.5, 0.6) is 0 Å². The van der Waals surface area contributed by atoms with Gasteiger partial charge < -0.3 is 0 Å². The van der Waals surface area contributed by atoms with E-state index in [1.807, 2.05) is 0 Å². The molecule has 2 nitrogen and oxygen atoms in total. The summed E-state index contributed by atoms with van der Waals surface area (Å²) >= 11 is 0. The molecule has 3 aromatic rings. The minimum absolute atomic E-state index is 0.464. The van der Waals surface area contributed by atoms with Crippen LogP contribution in [0.15, 0.2) is 66.9 Å². The molecule has 1 heterocycles. The average Bonchev–Trinajstić information content (AvgIpc) is 2.93. The smallest absolute Gasteiger partial charge is 0.234 e. The van der Waals surface area contributed by atoms with Crippen LogP contribution in [0.2, 0.25) is 0 Å². The molecular weight excluding hydrogens is 304 g/mol. The van der Waals surface area contributed by atoms with Crippen molar-refractivity contribution in [2.24, 2.45) is 7.05 Å². The Labute approximate surface area is 151 Å². The Morgan fingerprint density at radius 2 is 1.48 bits per heavy atom. The lowest BCUT2D eigenvalue weighted by Gasteiger charge is -2.10. The van der Waals surface area contributed by atoms with E-state index in [4.69, 9.17) is 0 Å². The average molecular weight is 333 g/mol. The predicted octanol–water partition coefficient (Wildman–Crippen LogP) is 4.83. The van der Waals surface area contributed by atoms with E-state index in [1.165, 1.54) is 22.6 Å². The molecule has 0 aliphatic rings. The van der Waals surface area contributed by atoms with Crippen LogP contribution in [0.3, 0.4) is 0 Å². The van der Waals surface area contributed by atoms with Crippen LogP contribution in [0.25, 0.3) is 0 Å². The van der Waals surface area contributed by atoms with E-state index in [1.54, 1.807) is 0 Å². The van der Waals surface area contributed by atoms with Gasteiger partial charge in [-0.1, -0.05) is 67.6 Å². The summed E-state index contributed by atoms with van der Waals surface area (Å²) in [5.74, 6) is 1.89. The molecule has 0 saturated heterocycles. The first-order valence-corrected chi connectivity index (χ1v) is 9.23. The lowest BCUT2D eigenvalue weighted by molar-refractivity contribution is -0.722. The van der Waals surface area contributed by atoms with Crippen molar-refractivity contribution in [3.05, 3.63) is 89.5 Å². The summed E-state index contributed by atoms with van der Waals surface area (Å²) in [5, 5.41) is 0. The van der Waals surface area contributed by atoms with Gasteiger partial charge in [-0.05, 0) is 30.9 Å². The van der Waals surface area contributed by atoms with Gasteiger partial charge in [0.2, 0.25) is 0 Å². The van der Waals surface area contributed by atoms with Gasteiger partial charge in [0, 0.05) is 6.42 Å². The van der Waals surface area contributed by atoms with Crippen molar-refractivity contribution >= 4 is 0 Å². The van der Waals surface area contributed by atoms with Crippen molar-refractivity contribution in [1.82, 2.24) is 4.57 Å². The zero-order chi connectivity index (χ0) is 17.8. The summed E-state index contributed by atoms with van der Waals surface area (Å²) < 4.78 is 4.83. The van der Waals surface area contributed by atoms with Gasteiger partial charge >= 0.3 is 0 Å². The number of nitrogens with zero attached hydrogens (tertiary/aromatic N) is 2. The molecule has 0 spiro atoms. The lowest BCUT2D eigenvalue weighted by atomic mass is 9.96. The van der Waals surface area contributed by atoms with Crippen molar-refractivity contribution in [2.75, 3.05) is 0 Å². The van der Waals surface area contributed by atoms with Crippen molar-refractivity contribution in [1.29, 1.82) is 0 Å². The molecule has 2 aromatic carbocycles. The number of hydrogen-bond donors (Lipinski definition) is 0. The minimum Gasteiger partial charge on any atom is -0.234 e.